The number of carbonyl (C=O) groups excluding carboxylic acids is 2. The van der Waals surface area contributed by atoms with E-state index in [1.165, 1.54) is 7.05 Å². The number of rotatable bonds is 3. The molecule has 16 heavy (non-hydrogen) atoms. The third kappa shape index (κ3) is 4.18. The molecule has 1 aromatic carbocycles. The lowest BCUT2D eigenvalue weighted by Gasteiger charge is -2.06. The fourth-order valence-corrected chi connectivity index (χ4v) is 1.11. The van der Waals surface area contributed by atoms with Gasteiger partial charge in [-0.15, -0.1) is 0 Å². The van der Waals surface area contributed by atoms with Gasteiger partial charge in [-0.3, -0.25) is 10.1 Å². The van der Waals surface area contributed by atoms with Crippen LogP contribution < -0.4 is 16.0 Å². The number of amides is 3. The molecule has 0 saturated heterocycles. The van der Waals surface area contributed by atoms with Crippen molar-refractivity contribution in [2.45, 2.75) is 0 Å². The van der Waals surface area contributed by atoms with Crippen molar-refractivity contribution in [2.24, 2.45) is 0 Å². The zero-order valence-corrected chi connectivity index (χ0v) is 9.47. The van der Waals surface area contributed by atoms with Crippen LogP contribution in [-0.4, -0.2) is 25.5 Å². The molecular formula is C10H12ClN3O2. The van der Waals surface area contributed by atoms with Crippen molar-refractivity contribution < 1.29 is 9.59 Å². The zero-order valence-electron chi connectivity index (χ0n) is 8.71. The van der Waals surface area contributed by atoms with Crippen LogP contribution in [0.2, 0.25) is 5.02 Å². The lowest BCUT2D eigenvalue weighted by atomic mass is 10.3. The monoisotopic (exact) mass is 241 g/mol. The van der Waals surface area contributed by atoms with Gasteiger partial charge < -0.3 is 10.6 Å². The van der Waals surface area contributed by atoms with Gasteiger partial charge in [0.1, 0.15) is 0 Å². The van der Waals surface area contributed by atoms with E-state index in [9.17, 15) is 9.59 Å². The van der Waals surface area contributed by atoms with Crippen molar-refractivity contribution in [1.29, 1.82) is 0 Å². The van der Waals surface area contributed by atoms with Gasteiger partial charge in [-0.1, -0.05) is 11.6 Å². The van der Waals surface area contributed by atoms with Crippen LogP contribution in [0.1, 0.15) is 0 Å². The second-order valence-corrected chi connectivity index (χ2v) is 3.42. The molecule has 0 radical (unpaired) electrons. The zero-order chi connectivity index (χ0) is 12.0. The summed E-state index contributed by atoms with van der Waals surface area (Å²) in [5.74, 6) is -0.408. The summed E-state index contributed by atoms with van der Waals surface area (Å²) in [5, 5.41) is 7.89. The van der Waals surface area contributed by atoms with E-state index >= 15 is 0 Å². The fourth-order valence-electron chi connectivity index (χ4n) is 0.983. The maximum Gasteiger partial charge on any atom is 0.321 e. The van der Waals surface area contributed by atoms with Crippen LogP contribution >= 0.6 is 11.6 Å². The molecule has 0 bridgehead atoms. The van der Waals surface area contributed by atoms with Gasteiger partial charge in [0.25, 0.3) is 0 Å². The van der Waals surface area contributed by atoms with Gasteiger partial charge in [-0.05, 0) is 24.3 Å². The SMILES string of the molecule is CNC(=O)NC(=O)CNc1ccc(Cl)cc1. The minimum Gasteiger partial charge on any atom is -0.376 e. The van der Waals surface area contributed by atoms with E-state index in [1.807, 2.05) is 0 Å². The number of imide groups is 1. The van der Waals surface area contributed by atoms with Crippen LogP contribution in [0.5, 0.6) is 0 Å². The number of hydrogen-bond acceptors (Lipinski definition) is 3. The fraction of sp³-hybridized carbons (Fsp3) is 0.200. The van der Waals surface area contributed by atoms with Gasteiger partial charge in [0.2, 0.25) is 5.91 Å². The van der Waals surface area contributed by atoms with Crippen LogP contribution in [0.3, 0.4) is 0 Å². The van der Waals surface area contributed by atoms with Gasteiger partial charge in [0, 0.05) is 17.8 Å². The molecule has 0 aliphatic carbocycles. The third-order valence-electron chi connectivity index (χ3n) is 1.78. The molecule has 3 N–H and O–H groups in total. The van der Waals surface area contributed by atoms with Crippen molar-refractivity contribution in [3.63, 3.8) is 0 Å². The predicted octanol–water partition coefficient (Wildman–Crippen LogP) is 1.21. The molecule has 0 atom stereocenters. The first kappa shape index (κ1) is 12.3. The summed E-state index contributed by atoms with van der Waals surface area (Å²) in [6.45, 7) is 0.0229. The molecule has 0 aromatic heterocycles. The molecule has 86 valence electrons. The van der Waals surface area contributed by atoms with E-state index in [0.717, 1.165) is 5.69 Å². The number of carbonyl (C=O) groups is 2. The van der Waals surface area contributed by atoms with Crippen molar-refractivity contribution >= 4 is 29.2 Å². The highest BCUT2D eigenvalue weighted by molar-refractivity contribution is 6.30. The minimum absolute atomic E-state index is 0.0229. The second kappa shape index (κ2) is 5.97. The average Bonchev–Trinajstić information content (AvgIpc) is 2.28. The lowest BCUT2D eigenvalue weighted by molar-refractivity contribution is -0.118. The molecule has 0 unspecified atom stereocenters. The Hall–Kier alpha value is -1.75. The number of urea groups is 1. The summed E-state index contributed by atoms with van der Waals surface area (Å²) < 4.78 is 0. The van der Waals surface area contributed by atoms with E-state index in [-0.39, 0.29) is 6.54 Å². The van der Waals surface area contributed by atoms with Crippen molar-refractivity contribution in [2.75, 3.05) is 18.9 Å². The molecule has 0 heterocycles. The molecule has 3 amide bonds. The van der Waals surface area contributed by atoms with Gasteiger partial charge in [-0.2, -0.15) is 0 Å². The first-order valence-corrected chi connectivity index (χ1v) is 5.00. The summed E-state index contributed by atoms with van der Waals surface area (Å²) in [4.78, 5) is 22.0. The molecule has 0 aliphatic heterocycles. The number of nitrogens with one attached hydrogen (secondary N) is 3. The Bertz CT molecular complexity index is 378. The average molecular weight is 242 g/mol. The lowest BCUT2D eigenvalue weighted by Crippen LogP contribution is -2.40. The maximum absolute atomic E-state index is 11.2. The standard InChI is InChI=1S/C10H12ClN3O2/c1-12-10(16)14-9(15)6-13-8-4-2-7(11)3-5-8/h2-5,13H,6H2,1H3,(H2,12,14,15,16). The number of halogens is 1. The summed E-state index contributed by atoms with van der Waals surface area (Å²) in [5.41, 5.74) is 0.761. The van der Waals surface area contributed by atoms with Gasteiger partial charge in [0.05, 0.1) is 6.54 Å². The van der Waals surface area contributed by atoms with Crippen molar-refractivity contribution in [3.05, 3.63) is 29.3 Å². The maximum atomic E-state index is 11.2. The third-order valence-corrected chi connectivity index (χ3v) is 2.03. The van der Waals surface area contributed by atoms with Gasteiger partial charge in [-0.25, -0.2) is 4.79 Å². The summed E-state index contributed by atoms with van der Waals surface area (Å²) in [6.07, 6.45) is 0. The van der Waals surface area contributed by atoms with Crippen LogP contribution in [0, 0.1) is 0 Å². The minimum atomic E-state index is -0.525. The van der Waals surface area contributed by atoms with E-state index in [1.54, 1.807) is 24.3 Å². The number of anilines is 1. The van der Waals surface area contributed by atoms with Crippen LogP contribution in [0.15, 0.2) is 24.3 Å². The second-order valence-electron chi connectivity index (χ2n) is 2.99. The molecule has 0 aliphatic rings. The summed E-state index contributed by atoms with van der Waals surface area (Å²) in [7, 11) is 1.44. The Morgan fingerprint density at radius 3 is 2.44 bits per heavy atom. The molecule has 0 saturated carbocycles. The van der Waals surface area contributed by atoms with Crippen molar-refractivity contribution in [3.8, 4) is 0 Å². The Morgan fingerprint density at radius 1 is 1.25 bits per heavy atom. The molecule has 0 fully saturated rings. The summed E-state index contributed by atoms with van der Waals surface area (Å²) >= 11 is 5.70. The normalized spacial score (nSPS) is 9.38. The molecule has 0 spiro atoms. The molecule has 6 heteroatoms. The Kier molecular flexibility index (Phi) is 4.60. The van der Waals surface area contributed by atoms with E-state index in [0.29, 0.717) is 5.02 Å². The molecule has 1 rings (SSSR count). The van der Waals surface area contributed by atoms with Crippen LogP contribution in [0.25, 0.3) is 0 Å². The largest absolute Gasteiger partial charge is 0.376 e. The Morgan fingerprint density at radius 2 is 1.88 bits per heavy atom. The number of hydrogen-bond donors (Lipinski definition) is 3. The number of benzene rings is 1. The highest BCUT2D eigenvalue weighted by Crippen LogP contribution is 2.12. The summed E-state index contributed by atoms with van der Waals surface area (Å²) in [6, 6.07) is 6.38. The van der Waals surface area contributed by atoms with E-state index < -0.39 is 11.9 Å². The Balaban J connectivity index is 2.37. The molecule has 5 nitrogen and oxygen atoms in total. The first-order valence-electron chi connectivity index (χ1n) is 4.63. The quantitative estimate of drug-likeness (QED) is 0.745. The molecule has 1 aromatic rings. The first-order chi connectivity index (χ1) is 7.61. The predicted molar refractivity (Wildman–Crippen MR) is 62.5 cm³/mol. The molecular weight excluding hydrogens is 230 g/mol. The smallest absolute Gasteiger partial charge is 0.321 e. The van der Waals surface area contributed by atoms with Gasteiger partial charge in [0.15, 0.2) is 0 Å². The van der Waals surface area contributed by atoms with Crippen molar-refractivity contribution in [1.82, 2.24) is 10.6 Å². The topological polar surface area (TPSA) is 70.2 Å². The van der Waals surface area contributed by atoms with E-state index in [2.05, 4.69) is 16.0 Å². The van der Waals surface area contributed by atoms with Crippen LogP contribution in [0.4, 0.5) is 10.5 Å². The van der Waals surface area contributed by atoms with Gasteiger partial charge >= 0.3 is 6.03 Å². The highest BCUT2D eigenvalue weighted by Gasteiger charge is 2.04. The van der Waals surface area contributed by atoms with Crippen LogP contribution in [-0.2, 0) is 4.79 Å². The Labute approximate surface area is 98.2 Å². The highest BCUT2D eigenvalue weighted by atomic mass is 35.5. The van der Waals surface area contributed by atoms with E-state index in [4.69, 9.17) is 11.6 Å².